The van der Waals surface area contributed by atoms with Crippen molar-refractivity contribution >= 4 is 5.91 Å². The van der Waals surface area contributed by atoms with Gasteiger partial charge < -0.3 is 15.0 Å². The predicted molar refractivity (Wildman–Crippen MR) is 64.7 cm³/mol. The van der Waals surface area contributed by atoms with Crippen LogP contribution in [0.25, 0.3) is 0 Å². The summed E-state index contributed by atoms with van der Waals surface area (Å²) < 4.78 is 5.35. The molecular weight excluding hydrogens is 216 g/mol. The third kappa shape index (κ3) is 2.08. The number of hydrogen-bond acceptors (Lipinski definition) is 3. The van der Waals surface area contributed by atoms with Crippen molar-refractivity contribution < 1.29 is 9.53 Å². The Morgan fingerprint density at radius 1 is 1.24 bits per heavy atom. The van der Waals surface area contributed by atoms with E-state index in [1.54, 1.807) is 0 Å². The highest BCUT2D eigenvalue weighted by atomic mass is 16.5. The first kappa shape index (κ1) is 11.5. The lowest BCUT2D eigenvalue weighted by molar-refractivity contribution is -0.138. The molecule has 3 aliphatic heterocycles. The molecule has 3 heterocycles. The van der Waals surface area contributed by atoms with Crippen LogP contribution in [-0.4, -0.2) is 49.2 Å². The molecule has 0 aliphatic carbocycles. The third-order valence-electron chi connectivity index (χ3n) is 4.70. The van der Waals surface area contributed by atoms with Gasteiger partial charge in [0.25, 0.3) is 0 Å². The van der Waals surface area contributed by atoms with Gasteiger partial charge in [0.1, 0.15) is 0 Å². The highest BCUT2D eigenvalue weighted by Gasteiger charge is 2.44. The van der Waals surface area contributed by atoms with Crippen LogP contribution in [0.5, 0.6) is 0 Å². The Morgan fingerprint density at radius 2 is 2.00 bits per heavy atom. The van der Waals surface area contributed by atoms with Crippen molar-refractivity contribution in [3.63, 3.8) is 0 Å². The Morgan fingerprint density at radius 3 is 2.59 bits per heavy atom. The summed E-state index contributed by atoms with van der Waals surface area (Å²) in [6, 6.07) is 1.46. The van der Waals surface area contributed by atoms with E-state index in [1.807, 2.05) is 11.9 Å². The van der Waals surface area contributed by atoms with Crippen LogP contribution in [0.4, 0.5) is 0 Å². The van der Waals surface area contributed by atoms with Crippen LogP contribution in [0.3, 0.4) is 0 Å². The van der Waals surface area contributed by atoms with Crippen molar-refractivity contribution in [3.05, 3.63) is 0 Å². The fraction of sp³-hybridized carbons (Fsp3) is 0.923. The van der Waals surface area contributed by atoms with Crippen molar-refractivity contribution in [1.29, 1.82) is 0 Å². The summed E-state index contributed by atoms with van der Waals surface area (Å²) in [5.41, 5.74) is 0. The molecule has 0 spiro atoms. The highest BCUT2D eigenvalue weighted by molar-refractivity contribution is 5.80. The second-order valence-corrected chi connectivity index (χ2v) is 5.68. The van der Waals surface area contributed by atoms with Crippen LogP contribution in [0.15, 0.2) is 0 Å². The summed E-state index contributed by atoms with van der Waals surface area (Å²) in [4.78, 5) is 14.5. The summed E-state index contributed by atoms with van der Waals surface area (Å²) in [5.74, 6) is 0.596. The smallest absolute Gasteiger partial charge is 0.227 e. The van der Waals surface area contributed by atoms with Crippen LogP contribution >= 0.6 is 0 Å². The first-order valence-corrected chi connectivity index (χ1v) is 6.86. The molecule has 17 heavy (non-hydrogen) atoms. The second-order valence-electron chi connectivity index (χ2n) is 5.68. The van der Waals surface area contributed by atoms with E-state index in [0.29, 0.717) is 24.0 Å². The molecule has 3 atom stereocenters. The predicted octanol–water partition coefficient (Wildman–Crippen LogP) is 0.764. The number of nitrogens with one attached hydrogen (secondary N) is 1. The zero-order valence-electron chi connectivity index (χ0n) is 10.5. The Labute approximate surface area is 103 Å². The summed E-state index contributed by atoms with van der Waals surface area (Å²) in [6.45, 7) is 1.61. The van der Waals surface area contributed by atoms with Gasteiger partial charge in [0.05, 0.1) is 5.92 Å². The molecule has 3 aliphatic rings. The molecule has 0 radical (unpaired) electrons. The molecule has 1 amide bonds. The lowest BCUT2D eigenvalue weighted by Crippen LogP contribution is -2.46. The number of nitrogens with zero attached hydrogens (tertiary/aromatic N) is 1. The maximum Gasteiger partial charge on any atom is 0.227 e. The van der Waals surface area contributed by atoms with Gasteiger partial charge in [-0.1, -0.05) is 0 Å². The van der Waals surface area contributed by atoms with Gasteiger partial charge in [-0.05, 0) is 32.1 Å². The molecule has 3 unspecified atom stereocenters. The minimum Gasteiger partial charge on any atom is -0.381 e. The molecule has 3 saturated heterocycles. The quantitative estimate of drug-likeness (QED) is 0.772. The number of carbonyl (C=O) groups excluding carboxylic acids is 1. The van der Waals surface area contributed by atoms with Crippen molar-refractivity contribution in [2.75, 3.05) is 20.3 Å². The van der Waals surface area contributed by atoms with E-state index < -0.39 is 0 Å². The maximum absolute atomic E-state index is 12.5. The van der Waals surface area contributed by atoms with Gasteiger partial charge in [-0.2, -0.15) is 0 Å². The zero-order chi connectivity index (χ0) is 11.8. The van der Waals surface area contributed by atoms with E-state index in [2.05, 4.69) is 5.32 Å². The van der Waals surface area contributed by atoms with Crippen molar-refractivity contribution in [2.24, 2.45) is 5.92 Å². The van der Waals surface area contributed by atoms with Gasteiger partial charge in [0, 0.05) is 38.4 Å². The summed E-state index contributed by atoms with van der Waals surface area (Å²) in [7, 11) is 1.98. The molecule has 0 aromatic carbocycles. The van der Waals surface area contributed by atoms with Crippen LogP contribution < -0.4 is 5.32 Å². The molecule has 96 valence electrons. The first-order valence-electron chi connectivity index (χ1n) is 6.86. The Hall–Kier alpha value is -0.610. The third-order valence-corrected chi connectivity index (χ3v) is 4.70. The molecule has 4 heteroatoms. The average molecular weight is 238 g/mol. The van der Waals surface area contributed by atoms with Crippen LogP contribution in [0, 0.1) is 5.92 Å². The minimum absolute atomic E-state index is 0.238. The Balaban J connectivity index is 1.61. The van der Waals surface area contributed by atoms with E-state index in [9.17, 15) is 4.79 Å². The van der Waals surface area contributed by atoms with Crippen molar-refractivity contribution in [2.45, 2.75) is 50.2 Å². The van der Waals surface area contributed by atoms with Gasteiger partial charge >= 0.3 is 0 Å². The van der Waals surface area contributed by atoms with Crippen LogP contribution in [0.1, 0.15) is 32.1 Å². The van der Waals surface area contributed by atoms with Crippen molar-refractivity contribution in [1.82, 2.24) is 10.2 Å². The van der Waals surface area contributed by atoms with Crippen molar-refractivity contribution in [3.8, 4) is 0 Å². The van der Waals surface area contributed by atoms with Gasteiger partial charge in [0.15, 0.2) is 0 Å². The first-order chi connectivity index (χ1) is 8.25. The average Bonchev–Trinajstić information content (AvgIpc) is 3.00. The van der Waals surface area contributed by atoms with Gasteiger partial charge in [0.2, 0.25) is 5.91 Å². The lowest BCUT2D eigenvalue weighted by Gasteiger charge is -2.34. The molecule has 4 nitrogen and oxygen atoms in total. The highest BCUT2D eigenvalue weighted by Crippen LogP contribution is 2.34. The summed E-state index contributed by atoms with van der Waals surface area (Å²) in [6.07, 6.45) is 5.49. The van der Waals surface area contributed by atoms with E-state index in [4.69, 9.17) is 4.74 Å². The Kier molecular flexibility index (Phi) is 3.09. The number of fused-ring (bicyclic) bond motifs is 2. The summed E-state index contributed by atoms with van der Waals surface area (Å²) in [5, 5.41) is 3.54. The molecule has 3 rings (SSSR count). The molecule has 3 fully saturated rings. The number of ether oxygens (including phenoxy) is 1. The SMILES string of the molecule is CN(C(=O)C1CC2CCC1N2)C1CCOCC1. The molecule has 2 bridgehead atoms. The zero-order valence-corrected chi connectivity index (χ0v) is 10.5. The molecule has 0 aromatic heterocycles. The van der Waals surface area contributed by atoms with E-state index in [0.717, 1.165) is 32.5 Å². The second kappa shape index (κ2) is 4.58. The van der Waals surface area contributed by atoms with Crippen LogP contribution in [-0.2, 0) is 9.53 Å². The fourth-order valence-corrected chi connectivity index (χ4v) is 3.61. The van der Waals surface area contributed by atoms with Gasteiger partial charge in [-0.25, -0.2) is 0 Å². The topological polar surface area (TPSA) is 41.6 Å². The van der Waals surface area contributed by atoms with E-state index >= 15 is 0 Å². The molecule has 0 saturated carbocycles. The molecular formula is C13H22N2O2. The van der Waals surface area contributed by atoms with Gasteiger partial charge in [-0.15, -0.1) is 0 Å². The Bertz CT molecular complexity index is 302. The van der Waals surface area contributed by atoms with E-state index in [-0.39, 0.29) is 5.92 Å². The molecule has 0 aromatic rings. The number of carbonyl (C=O) groups is 1. The van der Waals surface area contributed by atoms with E-state index in [1.165, 1.54) is 12.8 Å². The minimum atomic E-state index is 0.238. The standard InChI is InChI=1S/C13H22N2O2/c1-15(10-4-6-17-7-5-10)13(16)11-8-9-2-3-12(11)14-9/h9-12,14H,2-8H2,1H3. The number of hydrogen-bond donors (Lipinski definition) is 1. The number of amides is 1. The lowest BCUT2D eigenvalue weighted by atomic mass is 9.87. The number of rotatable bonds is 2. The normalized spacial score (nSPS) is 37.4. The van der Waals surface area contributed by atoms with Gasteiger partial charge in [-0.3, -0.25) is 4.79 Å². The largest absolute Gasteiger partial charge is 0.381 e. The molecule has 1 N–H and O–H groups in total. The monoisotopic (exact) mass is 238 g/mol. The fourth-order valence-electron chi connectivity index (χ4n) is 3.61. The summed E-state index contributed by atoms with van der Waals surface area (Å²) >= 11 is 0. The maximum atomic E-state index is 12.5. The van der Waals surface area contributed by atoms with Crippen LogP contribution in [0.2, 0.25) is 0 Å².